The summed E-state index contributed by atoms with van der Waals surface area (Å²) in [6.07, 6.45) is 3.35. The average molecular weight is 710 g/mol. The summed E-state index contributed by atoms with van der Waals surface area (Å²) in [6.45, 7) is 10.4. The molecule has 12 nitrogen and oxygen atoms in total. The van der Waals surface area contributed by atoms with Crippen molar-refractivity contribution in [2.45, 2.75) is 82.4 Å². The van der Waals surface area contributed by atoms with Gasteiger partial charge in [-0.1, -0.05) is 45.0 Å². The highest BCUT2D eigenvalue weighted by atomic mass is 32.2. The standard InChI is InChI=1S/C38H43N7O5S/c1-22-11-8-12-23(2)34(22)26-19-33-42-37(41-26)43-51(47,48)25-14-9-13-24(17-25)36(46)45-29(15-10-16-31(49-7)30(45)21-50-33)28-20-39-27-18-32(38(3,4)5)44(6)35(27)40-28/h8-9,11-14,17-20,29-31H,10,15-16,21H2,1-7H3,(H,41,42,43)/t29-,30-,31+/m0/s1. The Morgan fingerprint density at radius 1 is 0.980 bits per heavy atom. The SMILES string of the molecule is CO[C@@H]1CCC[C@@H](c2cnc3cc(C(C)(C)C)n(C)c3n2)N2C(=O)c3cccc(c3)S(=O)(=O)Nc3nc(cc(-c4c(C)cccc4C)n3)OC[C@@H]12. The van der Waals surface area contributed by atoms with Crippen LogP contribution in [0.25, 0.3) is 22.4 Å². The minimum Gasteiger partial charge on any atom is -0.475 e. The first-order valence-corrected chi connectivity index (χ1v) is 18.6. The van der Waals surface area contributed by atoms with Crippen LogP contribution in [0.1, 0.15) is 78.9 Å². The van der Waals surface area contributed by atoms with Gasteiger partial charge < -0.3 is 18.9 Å². The first kappa shape index (κ1) is 34.6. The van der Waals surface area contributed by atoms with Gasteiger partial charge in [-0.3, -0.25) is 9.78 Å². The van der Waals surface area contributed by atoms with Gasteiger partial charge in [0, 0.05) is 42.5 Å². The van der Waals surface area contributed by atoms with Crippen molar-refractivity contribution in [3.63, 3.8) is 0 Å². The van der Waals surface area contributed by atoms with E-state index in [0.29, 0.717) is 24.2 Å². The lowest BCUT2D eigenvalue weighted by atomic mass is 9.92. The van der Waals surface area contributed by atoms with Gasteiger partial charge >= 0.3 is 0 Å². The number of nitrogens with zero attached hydrogens (tertiary/aromatic N) is 6. The average Bonchev–Trinajstić information content (AvgIpc) is 3.31. The number of methoxy groups -OCH3 is 1. The molecule has 0 spiro atoms. The van der Waals surface area contributed by atoms with E-state index in [1.54, 1.807) is 36.4 Å². The van der Waals surface area contributed by atoms with E-state index in [1.165, 1.54) is 12.1 Å². The number of anilines is 1. The molecular weight excluding hydrogens is 667 g/mol. The van der Waals surface area contributed by atoms with E-state index in [1.807, 2.05) is 39.1 Å². The molecule has 0 unspecified atom stereocenters. The largest absolute Gasteiger partial charge is 0.475 e. The predicted octanol–water partition coefficient (Wildman–Crippen LogP) is 6.28. The molecule has 266 valence electrons. The van der Waals surface area contributed by atoms with Gasteiger partial charge in [0.15, 0.2) is 5.65 Å². The fourth-order valence-corrected chi connectivity index (χ4v) is 8.45. The molecule has 2 aliphatic rings. The highest BCUT2D eigenvalue weighted by Crippen LogP contribution is 2.37. The third-order valence-corrected chi connectivity index (χ3v) is 11.3. The third-order valence-electron chi connectivity index (χ3n) is 9.95. The van der Waals surface area contributed by atoms with E-state index in [0.717, 1.165) is 40.0 Å². The molecule has 1 fully saturated rings. The van der Waals surface area contributed by atoms with Crippen molar-refractivity contribution in [1.82, 2.24) is 29.4 Å². The van der Waals surface area contributed by atoms with Crippen molar-refractivity contribution >= 4 is 33.0 Å². The number of sulfonamides is 1. The van der Waals surface area contributed by atoms with E-state index in [-0.39, 0.29) is 40.2 Å². The summed E-state index contributed by atoms with van der Waals surface area (Å²) in [5, 5.41) is 0. The number of aryl methyl sites for hydroxylation is 3. The van der Waals surface area contributed by atoms with Crippen molar-refractivity contribution in [1.29, 1.82) is 0 Å². The predicted molar refractivity (Wildman–Crippen MR) is 194 cm³/mol. The topological polar surface area (TPSA) is 141 Å². The van der Waals surface area contributed by atoms with E-state index in [2.05, 4.69) is 46.1 Å². The van der Waals surface area contributed by atoms with Crippen molar-refractivity contribution < 1.29 is 22.7 Å². The fraction of sp³-hybridized carbons (Fsp3) is 0.395. The van der Waals surface area contributed by atoms with Gasteiger partial charge in [-0.25, -0.2) is 23.1 Å². The third kappa shape index (κ3) is 6.44. The zero-order valence-corrected chi connectivity index (χ0v) is 30.8. The van der Waals surface area contributed by atoms with Gasteiger partial charge in [0.1, 0.15) is 12.1 Å². The van der Waals surface area contributed by atoms with Crippen LogP contribution in [0, 0.1) is 13.8 Å². The summed E-state index contributed by atoms with van der Waals surface area (Å²) in [4.78, 5) is 35.6. The van der Waals surface area contributed by atoms with Gasteiger partial charge in [-0.2, -0.15) is 4.98 Å². The molecule has 5 heterocycles. The fourth-order valence-electron chi connectivity index (χ4n) is 7.46. The normalized spacial score (nSPS) is 20.6. The number of amides is 1. The first-order chi connectivity index (χ1) is 24.2. The van der Waals surface area contributed by atoms with Crippen molar-refractivity contribution in [3.05, 3.63) is 88.9 Å². The molecule has 4 bridgehead atoms. The number of nitrogens with one attached hydrogen (secondary N) is 1. The highest BCUT2D eigenvalue weighted by Gasteiger charge is 2.41. The van der Waals surface area contributed by atoms with Crippen LogP contribution in [0.15, 0.2) is 65.7 Å². The van der Waals surface area contributed by atoms with Gasteiger partial charge in [0.2, 0.25) is 11.8 Å². The minimum absolute atomic E-state index is 0.0177. The second kappa shape index (κ2) is 13.0. The summed E-state index contributed by atoms with van der Waals surface area (Å²) < 4.78 is 44.7. The first-order valence-electron chi connectivity index (χ1n) is 17.1. The molecule has 0 saturated carbocycles. The number of hydrogen-bond acceptors (Lipinski definition) is 9. The second-order valence-corrected chi connectivity index (χ2v) is 16.2. The highest BCUT2D eigenvalue weighted by molar-refractivity contribution is 7.92. The van der Waals surface area contributed by atoms with Gasteiger partial charge in [0.05, 0.1) is 40.7 Å². The number of benzene rings is 2. The molecule has 2 aliphatic heterocycles. The zero-order valence-electron chi connectivity index (χ0n) is 30.0. The Bertz CT molecular complexity index is 2240. The maximum atomic E-state index is 14.8. The van der Waals surface area contributed by atoms with Crippen LogP contribution < -0.4 is 9.46 Å². The summed E-state index contributed by atoms with van der Waals surface area (Å²) in [7, 11) is -0.587. The molecule has 3 aromatic heterocycles. The van der Waals surface area contributed by atoms with Crippen LogP contribution in [0.3, 0.4) is 0 Å². The number of fused-ring (bicyclic) bond motifs is 6. The lowest BCUT2D eigenvalue weighted by Crippen LogP contribution is -2.51. The van der Waals surface area contributed by atoms with E-state index in [4.69, 9.17) is 19.4 Å². The Kier molecular flexibility index (Phi) is 8.83. The van der Waals surface area contributed by atoms with Gasteiger partial charge in [0.25, 0.3) is 15.9 Å². The number of carbonyl (C=O) groups is 1. The minimum atomic E-state index is -4.21. The molecule has 3 atom stereocenters. The lowest BCUT2D eigenvalue weighted by molar-refractivity contribution is -0.00953. The Balaban J connectivity index is 1.40. The summed E-state index contributed by atoms with van der Waals surface area (Å²) in [5.74, 6) is -0.345. The smallest absolute Gasteiger partial charge is 0.264 e. The van der Waals surface area contributed by atoms with Crippen LogP contribution in [-0.4, -0.2) is 69.6 Å². The molecule has 5 aromatic rings. The molecular formula is C38H43N7O5S. The molecule has 2 aromatic carbocycles. The van der Waals surface area contributed by atoms with E-state index >= 15 is 0 Å². The molecule has 1 amide bonds. The molecule has 13 heteroatoms. The van der Waals surface area contributed by atoms with Crippen LogP contribution in [0.4, 0.5) is 5.95 Å². The lowest BCUT2D eigenvalue weighted by Gasteiger charge is -2.38. The molecule has 7 rings (SSSR count). The zero-order chi connectivity index (χ0) is 36.2. The molecule has 0 radical (unpaired) electrons. The summed E-state index contributed by atoms with van der Waals surface area (Å²) in [6, 6.07) is 14.6. The van der Waals surface area contributed by atoms with E-state index in [9.17, 15) is 13.2 Å². The number of ether oxygens (including phenoxy) is 2. The molecule has 51 heavy (non-hydrogen) atoms. The van der Waals surface area contributed by atoms with Gasteiger partial charge in [-0.15, -0.1) is 0 Å². The maximum Gasteiger partial charge on any atom is 0.264 e. The van der Waals surface area contributed by atoms with Crippen LogP contribution in [0.5, 0.6) is 5.88 Å². The molecule has 1 saturated heterocycles. The number of rotatable bonds is 3. The number of aromatic nitrogens is 5. The van der Waals surface area contributed by atoms with Crippen LogP contribution in [-0.2, 0) is 27.2 Å². The Morgan fingerprint density at radius 2 is 1.73 bits per heavy atom. The van der Waals surface area contributed by atoms with Crippen molar-refractivity contribution in [2.24, 2.45) is 7.05 Å². The van der Waals surface area contributed by atoms with Crippen LogP contribution >= 0.6 is 0 Å². The van der Waals surface area contributed by atoms with E-state index < -0.39 is 28.2 Å². The van der Waals surface area contributed by atoms with Crippen molar-refractivity contribution in [2.75, 3.05) is 18.4 Å². The maximum absolute atomic E-state index is 14.8. The Labute approximate surface area is 298 Å². The van der Waals surface area contributed by atoms with Gasteiger partial charge in [-0.05, 0) is 68.5 Å². The second-order valence-electron chi connectivity index (χ2n) is 14.5. The summed E-state index contributed by atoms with van der Waals surface area (Å²) >= 11 is 0. The molecule has 0 aliphatic carbocycles. The van der Waals surface area contributed by atoms with Crippen LogP contribution in [0.2, 0.25) is 0 Å². The summed E-state index contributed by atoms with van der Waals surface area (Å²) in [5.41, 5.74) is 6.59. The molecule has 1 N–H and O–H groups in total. The quantitative estimate of drug-likeness (QED) is 0.229. The Hall–Kier alpha value is -4.88. The Morgan fingerprint density at radius 3 is 2.45 bits per heavy atom. The monoisotopic (exact) mass is 709 g/mol. The van der Waals surface area contributed by atoms with Crippen molar-refractivity contribution in [3.8, 4) is 17.1 Å². The number of carbonyl (C=O) groups excluding carboxylic acids is 1. The number of hydrogen-bond donors (Lipinski definition) is 1.